The summed E-state index contributed by atoms with van der Waals surface area (Å²) in [7, 11) is -0.319. The number of ether oxygens (including phenoxy) is 1. The highest BCUT2D eigenvalue weighted by molar-refractivity contribution is 7.88. The van der Waals surface area contributed by atoms with Crippen LogP contribution in [0.25, 0.3) is 0 Å². The van der Waals surface area contributed by atoms with Gasteiger partial charge in [0.2, 0.25) is 10.0 Å². The van der Waals surface area contributed by atoms with E-state index in [2.05, 4.69) is 5.32 Å². The van der Waals surface area contributed by atoms with Crippen molar-refractivity contribution in [3.63, 3.8) is 0 Å². The number of carbonyl (C=O) groups is 1. The molecule has 21 heavy (non-hydrogen) atoms. The van der Waals surface area contributed by atoms with Crippen LogP contribution in [0.3, 0.4) is 0 Å². The van der Waals surface area contributed by atoms with Crippen molar-refractivity contribution in [1.29, 1.82) is 0 Å². The molecule has 1 heterocycles. The number of hydrogen-bond acceptors (Lipinski definition) is 4. The smallest absolute Gasteiger partial charge is 0.253 e. The summed E-state index contributed by atoms with van der Waals surface area (Å²) in [5, 5.41) is 2.77. The minimum atomic E-state index is -3.32. The average molecular weight is 312 g/mol. The maximum absolute atomic E-state index is 12.0. The standard InChI is InChI=1S/C14H20N2O4S/c1-16(2)21(18,19)10-11-5-3-6-12(9-11)15-14(17)13-7-4-8-20-13/h3,5-6,9,13H,4,7-8,10H2,1-2H3,(H,15,17). The van der Waals surface area contributed by atoms with Crippen molar-refractivity contribution in [2.75, 3.05) is 26.0 Å². The molecule has 1 N–H and O–H groups in total. The molecule has 1 atom stereocenters. The van der Waals surface area contributed by atoms with Gasteiger partial charge >= 0.3 is 0 Å². The van der Waals surface area contributed by atoms with Crippen LogP contribution >= 0.6 is 0 Å². The van der Waals surface area contributed by atoms with Crippen LogP contribution in [0.5, 0.6) is 0 Å². The zero-order valence-corrected chi connectivity index (χ0v) is 13.0. The average Bonchev–Trinajstić information content (AvgIpc) is 2.92. The van der Waals surface area contributed by atoms with Crippen LogP contribution in [0.1, 0.15) is 18.4 Å². The molecule has 6 nitrogen and oxygen atoms in total. The van der Waals surface area contributed by atoms with E-state index in [-0.39, 0.29) is 11.7 Å². The van der Waals surface area contributed by atoms with Gasteiger partial charge in [0.05, 0.1) is 5.75 Å². The molecule has 1 unspecified atom stereocenters. The normalized spacial score (nSPS) is 18.9. The van der Waals surface area contributed by atoms with Gasteiger partial charge in [0.25, 0.3) is 5.91 Å². The first-order chi connectivity index (χ1) is 9.88. The van der Waals surface area contributed by atoms with E-state index in [0.29, 0.717) is 17.9 Å². The van der Waals surface area contributed by atoms with Crippen LogP contribution in [0.15, 0.2) is 24.3 Å². The lowest BCUT2D eigenvalue weighted by Gasteiger charge is -2.13. The van der Waals surface area contributed by atoms with Crippen LogP contribution < -0.4 is 5.32 Å². The van der Waals surface area contributed by atoms with E-state index < -0.39 is 16.1 Å². The maximum atomic E-state index is 12.0. The van der Waals surface area contributed by atoms with Crippen molar-refractivity contribution in [1.82, 2.24) is 4.31 Å². The second kappa shape index (κ2) is 6.55. The molecule has 0 spiro atoms. The quantitative estimate of drug-likeness (QED) is 0.886. The Labute approximate surface area is 125 Å². The number of anilines is 1. The number of nitrogens with zero attached hydrogens (tertiary/aromatic N) is 1. The minimum absolute atomic E-state index is 0.0936. The summed E-state index contributed by atoms with van der Waals surface area (Å²) in [6, 6.07) is 6.86. The van der Waals surface area contributed by atoms with E-state index in [1.807, 2.05) is 0 Å². The third-order valence-corrected chi connectivity index (χ3v) is 5.13. The van der Waals surface area contributed by atoms with Crippen molar-refractivity contribution in [2.45, 2.75) is 24.7 Å². The molecular weight excluding hydrogens is 292 g/mol. The molecule has 0 radical (unpaired) electrons. The molecule has 0 saturated carbocycles. The fraction of sp³-hybridized carbons (Fsp3) is 0.500. The Morgan fingerprint density at radius 1 is 1.43 bits per heavy atom. The first kappa shape index (κ1) is 15.9. The summed E-state index contributed by atoms with van der Waals surface area (Å²) in [5.41, 5.74) is 1.22. The SMILES string of the molecule is CN(C)S(=O)(=O)Cc1cccc(NC(=O)C2CCCO2)c1. The fourth-order valence-electron chi connectivity index (χ4n) is 2.09. The highest BCUT2D eigenvalue weighted by Gasteiger charge is 2.23. The molecule has 116 valence electrons. The number of carbonyl (C=O) groups excluding carboxylic acids is 1. The van der Waals surface area contributed by atoms with E-state index in [1.54, 1.807) is 24.3 Å². The number of sulfonamides is 1. The summed E-state index contributed by atoms with van der Waals surface area (Å²) in [6.07, 6.45) is 1.21. The third kappa shape index (κ3) is 4.26. The van der Waals surface area contributed by atoms with Gasteiger partial charge in [-0.25, -0.2) is 12.7 Å². The van der Waals surface area contributed by atoms with Crippen LogP contribution in [-0.4, -0.2) is 45.4 Å². The monoisotopic (exact) mass is 312 g/mol. The number of benzene rings is 1. The largest absolute Gasteiger partial charge is 0.368 e. The predicted octanol–water partition coefficient (Wildman–Crippen LogP) is 1.20. The molecule has 1 aliphatic rings. The molecule has 1 saturated heterocycles. The highest BCUT2D eigenvalue weighted by Crippen LogP contribution is 2.17. The van der Waals surface area contributed by atoms with Crippen LogP contribution in [0, 0.1) is 0 Å². The summed E-state index contributed by atoms with van der Waals surface area (Å²) >= 11 is 0. The van der Waals surface area contributed by atoms with Crippen molar-refractivity contribution < 1.29 is 17.9 Å². The van der Waals surface area contributed by atoms with Gasteiger partial charge in [-0.05, 0) is 30.5 Å². The molecule has 1 amide bonds. The lowest BCUT2D eigenvalue weighted by molar-refractivity contribution is -0.124. The van der Waals surface area contributed by atoms with Gasteiger partial charge < -0.3 is 10.1 Å². The molecule has 2 rings (SSSR count). The van der Waals surface area contributed by atoms with E-state index in [4.69, 9.17) is 4.74 Å². The van der Waals surface area contributed by atoms with Crippen LogP contribution in [0.2, 0.25) is 0 Å². The summed E-state index contributed by atoms with van der Waals surface area (Å²) in [4.78, 5) is 12.0. The summed E-state index contributed by atoms with van der Waals surface area (Å²) in [5.74, 6) is -0.274. The summed E-state index contributed by atoms with van der Waals surface area (Å²) < 4.78 is 30.2. The molecule has 1 aromatic rings. The van der Waals surface area contributed by atoms with Gasteiger partial charge in [0.1, 0.15) is 6.10 Å². The van der Waals surface area contributed by atoms with E-state index in [0.717, 1.165) is 12.8 Å². The van der Waals surface area contributed by atoms with Crippen molar-refractivity contribution in [3.8, 4) is 0 Å². The molecule has 1 aliphatic heterocycles. The molecular formula is C14H20N2O4S. The molecule has 1 aromatic carbocycles. The van der Waals surface area contributed by atoms with Gasteiger partial charge in [-0.1, -0.05) is 12.1 Å². The van der Waals surface area contributed by atoms with Crippen molar-refractivity contribution >= 4 is 21.6 Å². The van der Waals surface area contributed by atoms with Gasteiger partial charge in [-0.3, -0.25) is 4.79 Å². The van der Waals surface area contributed by atoms with Crippen LogP contribution in [0.4, 0.5) is 5.69 Å². The maximum Gasteiger partial charge on any atom is 0.253 e. The summed E-state index contributed by atoms with van der Waals surface area (Å²) in [6.45, 7) is 0.610. The number of rotatable bonds is 5. The van der Waals surface area contributed by atoms with E-state index >= 15 is 0 Å². The highest BCUT2D eigenvalue weighted by atomic mass is 32.2. The topological polar surface area (TPSA) is 75.7 Å². The van der Waals surface area contributed by atoms with Crippen molar-refractivity contribution in [2.24, 2.45) is 0 Å². The van der Waals surface area contributed by atoms with Gasteiger partial charge in [-0.15, -0.1) is 0 Å². The first-order valence-corrected chi connectivity index (χ1v) is 8.41. The van der Waals surface area contributed by atoms with Crippen molar-refractivity contribution in [3.05, 3.63) is 29.8 Å². The second-order valence-corrected chi connectivity index (χ2v) is 7.41. The Bertz CT molecular complexity index is 607. The zero-order valence-electron chi connectivity index (χ0n) is 12.2. The van der Waals surface area contributed by atoms with Gasteiger partial charge in [0.15, 0.2) is 0 Å². The third-order valence-electron chi connectivity index (χ3n) is 3.32. The predicted molar refractivity (Wildman–Crippen MR) is 80.4 cm³/mol. The minimum Gasteiger partial charge on any atom is -0.368 e. The molecule has 1 fully saturated rings. The zero-order chi connectivity index (χ0) is 15.5. The second-order valence-electron chi connectivity index (χ2n) is 5.23. The fourth-order valence-corrected chi connectivity index (χ4v) is 2.94. The Morgan fingerprint density at radius 3 is 2.81 bits per heavy atom. The first-order valence-electron chi connectivity index (χ1n) is 6.80. The molecule has 0 aromatic heterocycles. The van der Waals surface area contributed by atoms with Gasteiger partial charge in [-0.2, -0.15) is 0 Å². The Morgan fingerprint density at radius 2 is 2.19 bits per heavy atom. The lowest BCUT2D eigenvalue weighted by atomic mass is 10.2. The lowest BCUT2D eigenvalue weighted by Crippen LogP contribution is -2.27. The number of nitrogens with one attached hydrogen (secondary N) is 1. The Hall–Kier alpha value is -1.44. The number of amides is 1. The number of hydrogen-bond donors (Lipinski definition) is 1. The molecule has 7 heteroatoms. The Balaban J connectivity index is 2.05. The van der Waals surface area contributed by atoms with E-state index in [1.165, 1.54) is 18.4 Å². The Kier molecular flexibility index (Phi) is 4.97. The molecule has 0 aliphatic carbocycles. The van der Waals surface area contributed by atoms with Gasteiger partial charge in [0, 0.05) is 26.4 Å². The van der Waals surface area contributed by atoms with Crippen LogP contribution in [-0.2, 0) is 25.3 Å². The molecule has 0 bridgehead atoms. The van der Waals surface area contributed by atoms with E-state index in [9.17, 15) is 13.2 Å².